The first-order chi connectivity index (χ1) is 11.5. The van der Waals surface area contributed by atoms with E-state index >= 15 is 0 Å². The van der Waals surface area contributed by atoms with Crippen LogP contribution in [0.25, 0.3) is 5.69 Å². The van der Waals surface area contributed by atoms with Crippen molar-refractivity contribution in [2.75, 3.05) is 33.4 Å². The van der Waals surface area contributed by atoms with Crippen LogP contribution in [-0.4, -0.2) is 43.8 Å². The van der Waals surface area contributed by atoms with Crippen molar-refractivity contribution in [3.05, 3.63) is 52.3 Å². The molecular weight excluding hydrogens is 326 g/mol. The highest BCUT2D eigenvalue weighted by atomic mass is 35.5. The lowest BCUT2D eigenvalue weighted by atomic mass is 10.2. The topological polar surface area (TPSA) is 55.3 Å². The van der Waals surface area contributed by atoms with Crippen molar-refractivity contribution in [3.8, 4) is 5.69 Å². The molecule has 1 heterocycles. The molecule has 0 radical (unpaired) electrons. The van der Waals surface area contributed by atoms with Crippen LogP contribution in [0, 0.1) is 13.8 Å². The molecule has 2 aromatic rings. The number of hydrogen-bond donors (Lipinski definition) is 2. The van der Waals surface area contributed by atoms with Crippen LogP contribution in [-0.2, 0) is 4.74 Å². The molecule has 2 N–H and O–H groups in total. The number of aromatic nitrogens is 1. The molecule has 6 heteroatoms. The van der Waals surface area contributed by atoms with Crippen molar-refractivity contribution >= 4 is 17.5 Å². The molecule has 0 fully saturated rings. The zero-order valence-corrected chi connectivity index (χ0v) is 15.1. The number of rotatable bonds is 8. The van der Waals surface area contributed by atoms with Crippen LogP contribution < -0.4 is 10.6 Å². The smallest absolute Gasteiger partial charge is 0.253 e. The van der Waals surface area contributed by atoms with Gasteiger partial charge in [0.2, 0.25) is 0 Å². The molecule has 0 aliphatic carbocycles. The first-order valence-electron chi connectivity index (χ1n) is 7.97. The van der Waals surface area contributed by atoms with E-state index in [-0.39, 0.29) is 5.91 Å². The van der Waals surface area contributed by atoms with Crippen molar-refractivity contribution in [3.63, 3.8) is 0 Å². The molecule has 130 valence electrons. The normalized spacial score (nSPS) is 10.8. The molecule has 24 heavy (non-hydrogen) atoms. The van der Waals surface area contributed by atoms with E-state index in [1.165, 1.54) is 0 Å². The van der Waals surface area contributed by atoms with Crippen LogP contribution in [0.15, 0.2) is 30.3 Å². The number of aryl methyl sites for hydroxylation is 1. The van der Waals surface area contributed by atoms with Gasteiger partial charge in [0.1, 0.15) is 0 Å². The first kappa shape index (κ1) is 18.5. The van der Waals surface area contributed by atoms with Crippen LogP contribution >= 0.6 is 11.6 Å². The third-order valence-electron chi connectivity index (χ3n) is 3.83. The van der Waals surface area contributed by atoms with Gasteiger partial charge in [-0.3, -0.25) is 4.79 Å². The van der Waals surface area contributed by atoms with E-state index in [4.69, 9.17) is 16.3 Å². The molecule has 0 saturated heterocycles. The van der Waals surface area contributed by atoms with Gasteiger partial charge in [0.25, 0.3) is 5.91 Å². The molecule has 0 saturated carbocycles. The summed E-state index contributed by atoms with van der Waals surface area (Å²) in [5.74, 6) is -0.0585. The van der Waals surface area contributed by atoms with Gasteiger partial charge in [0, 0.05) is 48.8 Å². The largest absolute Gasteiger partial charge is 0.383 e. The molecule has 1 amide bonds. The van der Waals surface area contributed by atoms with Crippen molar-refractivity contribution in [1.82, 2.24) is 15.2 Å². The number of hydrogen-bond acceptors (Lipinski definition) is 3. The highest BCUT2D eigenvalue weighted by Crippen LogP contribution is 2.22. The Balaban J connectivity index is 2.02. The van der Waals surface area contributed by atoms with E-state index in [9.17, 15) is 4.79 Å². The molecular formula is C18H24ClN3O2. The predicted molar refractivity (Wildman–Crippen MR) is 97.3 cm³/mol. The van der Waals surface area contributed by atoms with Crippen LogP contribution in [0.3, 0.4) is 0 Å². The summed E-state index contributed by atoms with van der Waals surface area (Å²) in [6.07, 6.45) is 0. The summed E-state index contributed by atoms with van der Waals surface area (Å²) < 4.78 is 7.02. The SMILES string of the molecule is COCCNCCNC(=O)c1cc(C)n(-c2ccc(Cl)cc2)c1C. The Morgan fingerprint density at radius 3 is 2.54 bits per heavy atom. The van der Waals surface area contributed by atoms with Gasteiger partial charge in [0.15, 0.2) is 0 Å². The molecule has 0 bridgehead atoms. The number of benzene rings is 1. The second-order valence-corrected chi connectivity index (χ2v) is 6.03. The second kappa shape index (κ2) is 8.87. The molecule has 2 rings (SSSR count). The Hall–Kier alpha value is -1.82. The minimum absolute atomic E-state index is 0.0585. The van der Waals surface area contributed by atoms with Crippen LogP contribution in [0.1, 0.15) is 21.7 Å². The third kappa shape index (κ3) is 4.60. The van der Waals surface area contributed by atoms with Crippen molar-refractivity contribution < 1.29 is 9.53 Å². The lowest BCUT2D eigenvalue weighted by molar-refractivity contribution is 0.0953. The van der Waals surface area contributed by atoms with Gasteiger partial charge in [-0.15, -0.1) is 0 Å². The van der Waals surface area contributed by atoms with E-state index in [0.717, 1.165) is 23.6 Å². The summed E-state index contributed by atoms with van der Waals surface area (Å²) in [5.41, 5.74) is 3.62. The number of carbonyl (C=O) groups excluding carboxylic acids is 1. The van der Waals surface area contributed by atoms with Crippen LogP contribution in [0.5, 0.6) is 0 Å². The summed E-state index contributed by atoms with van der Waals surface area (Å²) >= 11 is 5.95. The number of ether oxygens (including phenoxy) is 1. The number of amides is 1. The minimum Gasteiger partial charge on any atom is -0.383 e. The maximum absolute atomic E-state index is 12.4. The average Bonchev–Trinajstić information content (AvgIpc) is 2.86. The van der Waals surface area contributed by atoms with Gasteiger partial charge in [0.05, 0.1) is 12.2 Å². The van der Waals surface area contributed by atoms with Crippen molar-refractivity contribution in [2.45, 2.75) is 13.8 Å². The molecule has 5 nitrogen and oxygen atoms in total. The Morgan fingerprint density at radius 1 is 1.17 bits per heavy atom. The molecule has 1 aromatic heterocycles. The maximum atomic E-state index is 12.4. The minimum atomic E-state index is -0.0585. The number of nitrogens with zero attached hydrogens (tertiary/aromatic N) is 1. The fourth-order valence-electron chi connectivity index (χ4n) is 2.64. The van der Waals surface area contributed by atoms with Gasteiger partial charge >= 0.3 is 0 Å². The predicted octanol–water partition coefficient (Wildman–Crippen LogP) is 2.71. The average molecular weight is 350 g/mol. The fourth-order valence-corrected chi connectivity index (χ4v) is 2.77. The number of halogens is 1. The Kier molecular flexibility index (Phi) is 6.85. The first-order valence-corrected chi connectivity index (χ1v) is 8.35. The molecule has 0 aliphatic rings. The van der Waals surface area contributed by atoms with E-state index in [1.807, 2.05) is 44.2 Å². The monoisotopic (exact) mass is 349 g/mol. The summed E-state index contributed by atoms with van der Waals surface area (Å²) in [6.45, 7) is 6.67. The Bertz CT molecular complexity index is 680. The van der Waals surface area contributed by atoms with Gasteiger partial charge < -0.3 is 19.9 Å². The Labute approximate surface area is 148 Å². The van der Waals surface area contributed by atoms with Gasteiger partial charge in [-0.1, -0.05) is 11.6 Å². The molecule has 0 atom stereocenters. The van der Waals surface area contributed by atoms with Gasteiger partial charge in [-0.05, 0) is 44.2 Å². The number of carbonyl (C=O) groups is 1. The quantitative estimate of drug-likeness (QED) is 0.720. The van der Waals surface area contributed by atoms with E-state index in [0.29, 0.717) is 30.3 Å². The zero-order chi connectivity index (χ0) is 17.5. The van der Waals surface area contributed by atoms with E-state index < -0.39 is 0 Å². The van der Waals surface area contributed by atoms with E-state index in [1.54, 1.807) is 7.11 Å². The van der Waals surface area contributed by atoms with Crippen molar-refractivity contribution in [2.24, 2.45) is 0 Å². The summed E-state index contributed by atoms with van der Waals surface area (Å²) in [6, 6.07) is 9.51. The van der Waals surface area contributed by atoms with Crippen LogP contribution in [0.2, 0.25) is 5.02 Å². The highest BCUT2D eigenvalue weighted by Gasteiger charge is 2.16. The molecule has 0 aliphatic heterocycles. The standard InChI is InChI=1S/C18H24ClN3O2/c1-13-12-17(18(23)21-9-8-20-10-11-24-3)14(2)22(13)16-6-4-15(19)5-7-16/h4-7,12,20H,8-11H2,1-3H3,(H,21,23). The maximum Gasteiger partial charge on any atom is 0.253 e. The Morgan fingerprint density at radius 2 is 1.88 bits per heavy atom. The van der Waals surface area contributed by atoms with Gasteiger partial charge in [-0.25, -0.2) is 0 Å². The lowest BCUT2D eigenvalue weighted by Crippen LogP contribution is -2.33. The highest BCUT2D eigenvalue weighted by molar-refractivity contribution is 6.30. The molecule has 0 spiro atoms. The zero-order valence-electron chi connectivity index (χ0n) is 14.4. The van der Waals surface area contributed by atoms with Crippen molar-refractivity contribution in [1.29, 1.82) is 0 Å². The number of nitrogens with one attached hydrogen (secondary N) is 2. The molecule has 0 unspecified atom stereocenters. The summed E-state index contributed by atoms with van der Waals surface area (Å²) in [4.78, 5) is 12.4. The molecule has 1 aromatic carbocycles. The second-order valence-electron chi connectivity index (χ2n) is 5.60. The van der Waals surface area contributed by atoms with Crippen LogP contribution in [0.4, 0.5) is 0 Å². The number of methoxy groups -OCH3 is 1. The lowest BCUT2D eigenvalue weighted by Gasteiger charge is -2.10. The van der Waals surface area contributed by atoms with Gasteiger partial charge in [-0.2, -0.15) is 0 Å². The summed E-state index contributed by atoms with van der Waals surface area (Å²) in [5, 5.41) is 6.83. The fraction of sp³-hybridized carbons (Fsp3) is 0.389. The summed E-state index contributed by atoms with van der Waals surface area (Å²) in [7, 11) is 1.67. The third-order valence-corrected chi connectivity index (χ3v) is 4.08. The van der Waals surface area contributed by atoms with E-state index in [2.05, 4.69) is 15.2 Å².